The van der Waals surface area contributed by atoms with E-state index in [1.807, 2.05) is 11.8 Å². The van der Waals surface area contributed by atoms with Crippen molar-refractivity contribution in [2.45, 2.75) is 25.2 Å². The molecule has 1 aromatic heterocycles. The number of carboxylic acid groups (broad SMARTS) is 1. The van der Waals surface area contributed by atoms with Crippen molar-refractivity contribution in [3.8, 4) is 0 Å². The lowest BCUT2D eigenvalue weighted by atomic mass is 10.0. The third-order valence-corrected chi connectivity index (χ3v) is 3.42. The number of carbonyl (C=O) groups is 1. The van der Waals surface area contributed by atoms with E-state index in [2.05, 4.69) is 10.1 Å². The van der Waals surface area contributed by atoms with E-state index in [0.717, 1.165) is 24.3 Å². The van der Waals surface area contributed by atoms with Crippen molar-refractivity contribution in [1.29, 1.82) is 0 Å². The van der Waals surface area contributed by atoms with E-state index in [9.17, 15) is 4.79 Å². The smallest absolute Gasteiger partial charge is 0.312 e. The van der Waals surface area contributed by atoms with Crippen LogP contribution in [-0.2, 0) is 11.2 Å². The summed E-state index contributed by atoms with van der Waals surface area (Å²) in [5, 5.41) is 12.4. The van der Waals surface area contributed by atoms with Crippen LogP contribution in [-0.4, -0.2) is 32.7 Å². The maximum absolute atomic E-state index is 10.4. The van der Waals surface area contributed by atoms with Crippen molar-refractivity contribution in [1.82, 2.24) is 10.1 Å². The standard InChI is InChI=1S/C9H12N2O3S/c12-8(13)5-7-10-9(11-14-7)6-1-3-15-4-2-6/h6H,1-5H2,(H,12,13). The molecule has 0 atom stereocenters. The van der Waals surface area contributed by atoms with Gasteiger partial charge in [0.1, 0.15) is 6.42 Å². The molecule has 82 valence electrons. The second-order valence-electron chi connectivity index (χ2n) is 3.50. The minimum absolute atomic E-state index is 0.186. The van der Waals surface area contributed by atoms with Crippen LogP contribution in [0.1, 0.15) is 30.5 Å². The summed E-state index contributed by atoms with van der Waals surface area (Å²) in [6.45, 7) is 0. The predicted octanol–water partition coefficient (Wildman–Crippen LogP) is 1.31. The predicted molar refractivity (Wildman–Crippen MR) is 54.9 cm³/mol. The normalized spacial score (nSPS) is 17.9. The highest BCUT2D eigenvalue weighted by atomic mass is 32.2. The fraction of sp³-hybridized carbons (Fsp3) is 0.667. The van der Waals surface area contributed by atoms with Crippen LogP contribution in [0.25, 0.3) is 0 Å². The van der Waals surface area contributed by atoms with Gasteiger partial charge in [0.05, 0.1) is 0 Å². The molecule has 2 rings (SSSR count). The lowest BCUT2D eigenvalue weighted by molar-refractivity contribution is -0.136. The van der Waals surface area contributed by atoms with Crippen LogP contribution in [0.4, 0.5) is 0 Å². The second-order valence-corrected chi connectivity index (χ2v) is 4.73. The summed E-state index contributed by atoms with van der Waals surface area (Å²) in [5.74, 6) is 2.52. The Labute approximate surface area is 91.2 Å². The van der Waals surface area contributed by atoms with Gasteiger partial charge in [0.15, 0.2) is 5.82 Å². The Balaban J connectivity index is 2.02. The van der Waals surface area contributed by atoms with E-state index in [1.54, 1.807) is 0 Å². The number of thioether (sulfide) groups is 1. The van der Waals surface area contributed by atoms with Gasteiger partial charge < -0.3 is 9.63 Å². The number of hydrogen-bond donors (Lipinski definition) is 1. The molecule has 1 fully saturated rings. The number of rotatable bonds is 3. The van der Waals surface area contributed by atoms with Crippen molar-refractivity contribution in [2.75, 3.05) is 11.5 Å². The highest BCUT2D eigenvalue weighted by molar-refractivity contribution is 7.99. The average molecular weight is 228 g/mol. The highest BCUT2D eigenvalue weighted by Gasteiger charge is 2.21. The molecular formula is C9H12N2O3S. The third kappa shape index (κ3) is 2.71. The van der Waals surface area contributed by atoms with Gasteiger partial charge in [-0.15, -0.1) is 0 Å². The van der Waals surface area contributed by atoms with Gasteiger partial charge in [0.2, 0.25) is 5.89 Å². The Morgan fingerprint density at radius 1 is 1.53 bits per heavy atom. The van der Waals surface area contributed by atoms with Crippen LogP contribution >= 0.6 is 11.8 Å². The highest BCUT2D eigenvalue weighted by Crippen LogP contribution is 2.29. The summed E-state index contributed by atoms with van der Waals surface area (Å²) < 4.78 is 4.88. The Morgan fingerprint density at radius 3 is 2.93 bits per heavy atom. The number of aliphatic carboxylic acids is 1. The molecule has 0 aliphatic carbocycles. The van der Waals surface area contributed by atoms with Crippen molar-refractivity contribution in [2.24, 2.45) is 0 Å². The molecule has 2 heterocycles. The van der Waals surface area contributed by atoms with Gasteiger partial charge in [-0.3, -0.25) is 4.79 Å². The van der Waals surface area contributed by atoms with E-state index >= 15 is 0 Å². The fourth-order valence-corrected chi connectivity index (χ4v) is 2.70. The molecule has 0 aromatic carbocycles. The average Bonchev–Trinajstić information content (AvgIpc) is 2.67. The van der Waals surface area contributed by atoms with Gasteiger partial charge in [-0.05, 0) is 24.3 Å². The Hall–Kier alpha value is -1.04. The van der Waals surface area contributed by atoms with Crippen LogP contribution in [0.2, 0.25) is 0 Å². The SMILES string of the molecule is O=C(O)Cc1nc(C2CCSCC2)no1. The lowest BCUT2D eigenvalue weighted by Gasteiger charge is -2.17. The summed E-state index contributed by atoms with van der Waals surface area (Å²) in [6.07, 6.45) is 1.92. The summed E-state index contributed by atoms with van der Waals surface area (Å²) >= 11 is 1.93. The molecule has 0 spiro atoms. The molecule has 0 amide bonds. The van der Waals surface area contributed by atoms with Crippen molar-refractivity contribution in [3.63, 3.8) is 0 Å². The van der Waals surface area contributed by atoms with Crippen LogP contribution in [0, 0.1) is 0 Å². The van der Waals surface area contributed by atoms with Crippen molar-refractivity contribution >= 4 is 17.7 Å². The van der Waals surface area contributed by atoms with Gasteiger partial charge in [-0.1, -0.05) is 5.16 Å². The molecule has 1 aliphatic heterocycles. The van der Waals surface area contributed by atoms with E-state index in [4.69, 9.17) is 9.63 Å². The first-order valence-corrected chi connectivity index (χ1v) is 6.03. The maximum Gasteiger partial charge on any atom is 0.312 e. The monoisotopic (exact) mass is 228 g/mol. The molecule has 5 nitrogen and oxygen atoms in total. The molecule has 0 radical (unpaired) electrons. The van der Waals surface area contributed by atoms with Crippen LogP contribution in [0.15, 0.2) is 4.52 Å². The minimum atomic E-state index is -0.940. The minimum Gasteiger partial charge on any atom is -0.481 e. The molecular weight excluding hydrogens is 216 g/mol. The number of hydrogen-bond acceptors (Lipinski definition) is 5. The Bertz CT molecular complexity index is 347. The molecule has 1 aliphatic rings. The second kappa shape index (κ2) is 4.65. The Morgan fingerprint density at radius 2 is 2.27 bits per heavy atom. The van der Waals surface area contributed by atoms with Gasteiger partial charge in [-0.2, -0.15) is 16.7 Å². The van der Waals surface area contributed by atoms with Gasteiger partial charge in [0.25, 0.3) is 0 Å². The third-order valence-electron chi connectivity index (χ3n) is 2.37. The molecule has 1 aromatic rings. The van der Waals surface area contributed by atoms with Gasteiger partial charge >= 0.3 is 5.97 Å². The van der Waals surface area contributed by atoms with Crippen LogP contribution in [0.5, 0.6) is 0 Å². The molecule has 6 heteroatoms. The molecule has 15 heavy (non-hydrogen) atoms. The van der Waals surface area contributed by atoms with Crippen molar-refractivity contribution in [3.05, 3.63) is 11.7 Å². The quantitative estimate of drug-likeness (QED) is 0.840. The van der Waals surface area contributed by atoms with Gasteiger partial charge in [0, 0.05) is 5.92 Å². The number of aromatic nitrogens is 2. The summed E-state index contributed by atoms with van der Waals surface area (Å²) in [5.41, 5.74) is 0. The number of nitrogens with zero attached hydrogens (tertiary/aromatic N) is 2. The van der Waals surface area contributed by atoms with Gasteiger partial charge in [-0.25, -0.2) is 0 Å². The van der Waals surface area contributed by atoms with Crippen LogP contribution in [0.3, 0.4) is 0 Å². The van der Waals surface area contributed by atoms with E-state index in [1.165, 1.54) is 0 Å². The first-order chi connectivity index (χ1) is 7.25. The fourth-order valence-electron chi connectivity index (χ4n) is 1.59. The summed E-state index contributed by atoms with van der Waals surface area (Å²) in [7, 11) is 0. The topological polar surface area (TPSA) is 76.2 Å². The molecule has 0 saturated carbocycles. The first kappa shape index (κ1) is 10.5. The van der Waals surface area contributed by atoms with Crippen molar-refractivity contribution < 1.29 is 14.4 Å². The maximum atomic E-state index is 10.4. The zero-order chi connectivity index (χ0) is 10.7. The van der Waals surface area contributed by atoms with E-state index < -0.39 is 5.97 Å². The zero-order valence-electron chi connectivity index (χ0n) is 8.18. The molecule has 0 bridgehead atoms. The van der Waals surface area contributed by atoms with E-state index in [-0.39, 0.29) is 12.3 Å². The van der Waals surface area contributed by atoms with E-state index in [0.29, 0.717) is 11.7 Å². The zero-order valence-corrected chi connectivity index (χ0v) is 9.00. The van der Waals surface area contributed by atoms with Crippen LogP contribution < -0.4 is 0 Å². The first-order valence-electron chi connectivity index (χ1n) is 4.87. The summed E-state index contributed by atoms with van der Waals surface area (Å²) in [6, 6.07) is 0. The lowest BCUT2D eigenvalue weighted by Crippen LogP contribution is -2.09. The molecule has 0 unspecified atom stereocenters. The number of carboxylic acids is 1. The Kier molecular flexibility index (Phi) is 3.25. The largest absolute Gasteiger partial charge is 0.481 e. The molecule has 1 N–H and O–H groups in total. The molecule has 1 saturated heterocycles. The summed E-state index contributed by atoms with van der Waals surface area (Å²) in [4.78, 5) is 14.5.